The molecule has 2 aliphatic rings. The summed E-state index contributed by atoms with van der Waals surface area (Å²) in [6.07, 6.45) is -0.440. The van der Waals surface area contributed by atoms with Gasteiger partial charge in [0.2, 0.25) is 0 Å². The highest BCUT2D eigenvalue weighted by molar-refractivity contribution is 6.06. The number of hydrogen-bond donors (Lipinski definition) is 1. The van der Waals surface area contributed by atoms with E-state index < -0.39 is 29.6 Å². The van der Waals surface area contributed by atoms with Crippen molar-refractivity contribution in [2.45, 2.75) is 32.3 Å². The minimum Gasteiger partial charge on any atom is -0.466 e. The first kappa shape index (κ1) is 31.6. The lowest BCUT2D eigenvalue weighted by Crippen LogP contribution is -2.51. The molecule has 12 nitrogen and oxygen atoms in total. The second kappa shape index (κ2) is 12.9. The van der Waals surface area contributed by atoms with Crippen LogP contribution in [0.5, 0.6) is 0 Å². The fraction of sp³-hybridized carbons (Fsp3) is 0.344. The van der Waals surface area contributed by atoms with Gasteiger partial charge in [0.15, 0.2) is 0 Å². The van der Waals surface area contributed by atoms with Gasteiger partial charge in [-0.25, -0.2) is 14.4 Å². The lowest BCUT2D eigenvalue weighted by Gasteiger charge is -2.36. The molecular weight excluding hydrogens is 566 g/mol. The molecule has 44 heavy (non-hydrogen) atoms. The number of rotatable bonds is 5. The number of benzene rings is 2. The molecule has 0 spiro atoms. The van der Waals surface area contributed by atoms with Crippen LogP contribution in [0, 0.1) is 11.3 Å². The van der Waals surface area contributed by atoms with Crippen molar-refractivity contribution in [1.29, 1.82) is 5.26 Å². The highest BCUT2D eigenvalue weighted by Gasteiger charge is 2.43. The van der Waals surface area contributed by atoms with Gasteiger partial charge in [-0.2, -0.15) is 5.26 Å². The van der Waals surface area contributed by atoms with Crippen LogP contribution in [0.2, 0.25) is 0 Å². The Balaban J connectivity index is 1.73. The van der Waals surface area contributed by atoms with Crippen molar-refractivity contribution in [1.82, 2.24) is 9.80 Å². The standard InChI is InChI=1S/C32H35N5O7/c1-32(2,3)44-31(41)36-16-14-35(15-17-36)28(38)21-12-9-13-22(18-21)37-26(30(40)43-5)25(29(39)42-4)24(23(19-33)27(37)34)20-10-7-6-8-11-20/h6-13,18,24H,14-17,34H2,1-5H3. The van der Waals surface area contributed by atoms with Crippen LogP contribution >= 0.6 is 0 Å². The van der Waals surface area contributed by atoms with E-state index in [2.05, 4.69) is 6.07 Å². The number of nitriles is 1. The largest absolute Gasteiger partial charge is 0.466 e. The highest BCUT2D eigenvalue weighted by Crippen LogP contribution is 2.43. The number of nitrogens with two attached hydrogens (primary N) is 1. The average molecular weight is 602 g/mol. The maximum absolute atomic E-state index is 13.6. The summed E-state index contributed by atoms with van der Waals surface area (Å²) in [4.78, 5) is 57.0. The van der Waals surface area contributed by atoms with E-state index in [1.807, 2.05) is 0 Å². The molecule has 0 bridgehead atoms. The second-order valence-electron chi connectivity index (χ2n) is 11.1. The van der Waals surface area contributed by atoms with Crippen LogP contribution in [0.1, 0.15) is 42.6 Å². The van der Waals surface area contributed by atoms with Gasteiger partial charge in [-0.05, 0) is 44.5 Å². The summed E-state index contributed by atoms with van der Waals surface area (Å²) >= 11 is 0. The number of nitrogens with zero attached hydrogens (tertiary/aromatic N) is 4. The molecule has 2 aromatic carbocycles. The van der Waals surface area contributed by atoms with Gasteiger partial charge in [0.05, 0.1) is 37.4 Å². The maximum atomic E-state index is 13.6. The third-order valence-electron chi connectivity index (χ3n) is 7.18. The fourth-order valence-electron chi connectivity index (χ4n) is 5.16. The highest BCUT2D eigenvalue weighted by atomic mass is 16.6. The molecule has 0 saturated carbocycles. The van der Waals surface area contributed by atoms with Crippen molar-refractivity contribution in [2.75, 3.05) is 45.3 Å². The van der Waals surface area contributed by atoms with Gasteiger partial charge in [-0.15, -0.1) is 0 Å². The second-order valence-corrected chi connectivity index (χ2v) is 11.1. The van der Waals surface area contributed by atoms with Gasteiger partial charge in [0, 0.05) is 37.4 Å². The SMILES string of the molecule is COC(=O)C1=C(C(=O)OC)N(c2cccc(C(=O)N3CCN(C(=O)OC(C)(C)C)CC3)c2)C(N)=C(C#N)C1c1ccccc1. The Kier molecular flexibility index (Phi) is 9.28. The van der Waals surface area contributed by atoms with Crippen LogP contribution in [0.25, 0.3) is 0 Å². The van der Waals surface area contributed by atoms with Gasteiger partial charge in [-0.3, -0.25) is 9.69 Å². The van der Waals surface area contributed by atoms with Crippen LogP contribution in [-0.2, 0) is 23.8 Å². The van der Waals surface area contributed by atoms with Crippen molar-refractivity contribution >= 4 is 29.6 Å². The first-order valence-corrected chi connectivity index (χ1v) is 13.9. The number of carbonyl (C=O) groups excluding carboxylic acids is 4. The molecule has 230 valence electrons. The van der Waals surface area contributed by atoms with Crippen molar-refractivity contribution in [3.05, 3.63) is 88.4 Å². The average Bonchev–Trinajstić information content (AvgIpc) is 3.02. The minimum atomic E-state index is -1.01. The quantitative estimate of drug-likeness (QED) is 0.399. The Morgan fingerprint density at radius 3 is 2.07 bits per heavy atom. The molecule has 2 aliphatic heterocycles. The van der Waals surface area contributed by atoms with Crippen LogP contribution in [0.3, 0.4) is 0 Å². The molecule has 1 saturated heterocycles. The lowest BCUT2D eigenvalue weighted by molar-refractivity contribution is -0.139. The fourth-order valence-corrected chi connectivity index (χ4v) is 5.16. The van der Waals surface area contributed by atoms with Gasteiger partial charge in [-0.1, -0.05) is 36.4 Å². The van der Waals surface area contributed by atoms with Crippen LogP contribution in [0.15, 0.2) is 77.3 Å². The van der Waals surface area contributed by atoms with E-state index in [0.29, 0.717) is 18.7 Å². The number of anilines is 1. The van der Waals surface area contributed by atoms with Gasteiger partial charge in [0.25, 0.3) is 5.91 Å². The zero-order valence-corrected chi connectivity index (χ0v) is 25.3. The number of allylic oxidation sites excluding steroid dienone is 1. The number of piperazine rings is 1. The molecule has 0 aliphatic carbocycles. The number of carbonyl (C=O) groups is 4. The number of hydrogen-bond acceptors (Lipinski definition) is 10. The van der Waals surface area contributed by atoms with E-state index in [1.165, 1.54) is 18.1 Å². The normalized spacial score (nSPS) is 17.2. The van der Waals surface area contributed by atoms with Crippen molar-refractivity contribution in [3.63, 3.8) is 0 Å². The number of methoxy groups -OCH3 is 2. The van der Waals surface area contributed by atoms with E-state index in [1.54, 1.807) is 79.1 Å². The molecule has 4 rings (SSSR count). The molecule has 1 unspecified atom stereocenters. The van der Waals surface area contributed by atoms with Gasteiger partial charge >= 0.3 is 18.0 Å². The maximum Gasteiger partial charge on any atom is 0.410 e. The smallest absolute Gasteiger partial charge is 0.410 e. The molecule has 1 atom stereocenters. The zero-order chi connectivity index (χ0) is 32.2. The van der Waals surface area contributed by atoms with Crippen molar-refractivity contribution < 1.29 is 33.4 Å². The Labute approximate surface area is 255 Å². The molecule has 0 radical (unpaired) electrons. The van der Waals surface area contributed by atoms with E-state index in [9.17, 15) is 24.4 Å². The molecule has 12 heteroatoms. The molecule has 2 amide bonds. The third kappa shape index (κ3) is 6.36. The van der Waals surface area contributed by atoms with Gasteiger partial charge < -0.3 is 29.7 Å². The Hall–Kier alpha value is -5.31. The first-order valence-electron chi connectivity index (χ1n) is 13.9. The van der Waals surface area contributed by atoms with Crippen molar-refractivity contribution in [2.24, 2.45) is 5.73 Å². The lowest BCUT2D eigenvalue weighted by atomic mass is 9.81. The predicted molar refractivity (Wildman–Crippen MR) is 160 cm³/mol. The summed E-state index contributed by atoms with van der Waals surface area (Å²) in [5.41, 5.74) is 6.66. The minimum absolute atomic E-state index is 0.0132. The molecule has 2 aromatic rings. The molecule has 1 fully saturated rings. The Morgan fingerprint density at radius 1 is 0.886 bits per heavy atom. The molecule has 2 N–H and O–H groups in total. The van der Waals surface area contributed by atoms with E-state index in [0.717, 1.165) is 7.11 Å². The molecule has 2 heterocycles. The predicted octanol–water partition coefficient (Wildman–Crippen LogP) is 3.28. The summed E-state index contributed by atoms with van der Waals surface area (Å²) in [6, 6.07) is 17.1. The summed E-state index contributed by atoms with van der Waals surface area (Å²) in [7, 11) is 2.34. The van der Waals surface area contributed by atoms with Crippen LogP contribution < -0.4 is 10.6 Å². The Bertz CT molecular complexity index is 1560. The Morgan fingerprint density at radius 2 is 1.50 bits per heavy atom. The van der Waals surface area contributed by atoms with E-state index in [-0.39, 0.29) is 52.9 Å². The first-order chi connectivity index (χ1) is 20.9. The molecular formula is C32H35N5O7. The van der Waals surface area contributed by atoms with E-state index in [4.69, 9.17) is 19.9 Å². The monoisotopic (exact) mass is 601 g/mol. The van der Waals surface area contributed by atoms with Crippen LogP contribution in [-0.4, -0.2) is 79.7 Å². The topological polar surface area (TPSA) is 156 Å². The number of ether oxygens (including phenoxy) is 3. The number of amides is 2. The number of esters is 2. The summed E-state index contributed by atoms with van der Waals surface area (Å²) in [5, 5.41) is 10.2. The van der Waals surface area contributed by atoms with E-state index >= 15 is 0 Å². The van der Waals surface area contributed by atoms with Crippen LogP contribution in [0.4, 0.5) is 10.5 Å². The third-order valence-corrected chi connectivity index (χ3v) is 7.18. The molecule has 0 aromatic heterocycles. The summed E-state index contributed by atoms with van der Waals surface area (Å²) < 4.78 is 15.6. The van der Waals surface area contributed by atoms with Crippen molar-refractivity contribution in [3.8, 4) is 6.07 Å². The zero-order valence-electron chi connectivity index (χ0n) is 25.3. The van der Waals surface area contributed by atoms with Gasteiger partial charge in [0.1, 0.15) is 17.1 Å². The summed E-state index contributed by atoms with van der Waals surface area (Å²) in [6.45, 7) is 6.53. The summed E-state index contributed by atoms with van der Waals surface area (Å²) in [5.74, 6) is -3.16.